The van der Waals surface area contributed by atoms with Gasteiger partial charge in [0.2, 0.25) is 0 Å². The number of nitrogens with one attached hydrogen (secondary N) is 1. The molecule has 0 amide bonds. The number of methoxy groups -OCH3 is 1. The monoisotopic (exact) mass is 368 g/mol. The minimum absolute atomic E-state index is 0.491. The van der Waals surface area contributed by atoms with Crippen LogP contribution in [-0.2, 0) is 6.54 Å². The van der Waals surface area contributed by atoms with Crippen LogP contribution in [0.5, 0.6) is 5.75 Å². The van der Waals surface area contributed by atoms with Crippen LogP contribution in [0, 0.1) is 0 Å². The number of hydrogen-bond donors (Lipinski definition) is 2. The van der Waals surface area contributed by atoms with Gasteiger partial charge in [-0.3, -0.25) is 4.90 Å². The van der Waals surface area contributed by atoms with Crippen LogP contribution < -0.4 is 15.8 Å². The highest BCUT2D eigenvalue weighted by atomic mass is 79.9. The van der Waals surface area contributed by atoms with Crippen molar-refractivity contribution < 1.29 is 4.74 Å². The number of ether oxygens (including phenoxy) is 1. The van der Waals surface area contributed by atoms with Gasteiger partial charge in [-0.05, 0) is 44.1 Å². The molecule has 2 rings (SSSR count). The number of nitrogens with zero attached hydrogens (tertiary/aromatic N) is 2. The highest BCUT2D eigenvalue weighted by Gasteiger charge is 2.22. The number of aliphatic imine (C=N–C) groups is 1. The second kappa shape index (κ2) is 8.39. The molecular formula is C16H25BrN4O. The molecule has 1 unspecified atom stereocenters. The minimum Gasteiger partial charge on any atom is -0.496 e. The van der Waals surface area contributed by atoms with Crippen molar-refractivity contribution in [3.05, 3.63) is 28.2 Å². The van der Waals surface area contributed by atoms with Gasteiger partial charge in [-0.1, -0.05) is 22.9 Å². The Morgan fingerprint density at radius 1 is 1.55 bits per heavy atom. The molecule has 1 saturated heterocycles. The molecule has 1 atom stereocenters. The molecule has 1 aliphatic heterocycles. The zero-order chi connectivity index (χ0) is 15.9. The Labute approximate surface area is 141 Å². The number of likely N-dealkylation sites (tertiary alicyclic amines) is 1. The molecule has 1 aliphatic rings. The second-order valence-corrected chi connectivity index (χ2v) is 6.38. The molecule has 1 aromatic rings. The molecule has 5 nitrogen and oxygen atoms in total. The molecule has 1 aromatic carbocycles. The van der Waals surface area contributed by atoms with Crippen LogP contribution in [0.25, 0.3) is 0 Å². The maximum atomic E-state index is 5.98. The number of rotatable bonds is 6. The van der Waals surface area contributed by atoms with Crippen molar-refractivity contribution >= 4 is 21.9 Å². The lowest BCUT2D eigenvalue weighted by molar-refractivity contribution is 0.267. The molecule has 0 bridgehead atoms. The smallest absolute Gasteiger partial charge is 0.188 e. The van der Waals surface area contributed by atoms with Crippen molar-refractivity contribution in [1.29, 1.82) is 0 Å². The molecule has 1 fully saturated rings. The number of halogens is 1. The SMILES string of the molecule is CCN1CCCC1CNC(N)=NCc1cc(Br)ccc1OC. The van der Waals surface area contributed by atoms with E-state index in [-0.39, 0.29) is 0 Å². The van der Waals surface area contributed by atoms with Crippen LogP contribution in [0.15, 0.2) is 27.7 Å². The lowest BCUT2D eigenvalue weighted by Gasteiger charge is -2.23. The first-order valence-corrected chi connectivity index (χ1v) is 8.53. The van der Waals surface area contributed by atoms with Gasteiger partial charge in [0.25, 0.3) is 0 Å². The summed E-state index contributed by atoms with van der Waals surface area (Å²) < 4.78 is 6.35. The summed E-state index contributed by atoms with van der Waals surface area (Å²) in [6, 6.07) is 6.45. The molecule has 3 N–H and O–H groups in total. The van der Waals surface area contributed by atoms with Crippen LogP contribution in [0.3, 0.4) is 0 Å². The van der Waals surface area contributed by atoms with E-state index in [4.69, 9.17) is 10.5 Å². The Hall–Kier alpha value is -1.27. The maximum absolute atomic E-state index is 5.98. The van der Waals surface area contributed by atoms with E-state index in [0.29, 0.717) is 18.5 Å². The second-order valence-electron chi connectivity index (χ2n) is 5.46. The summed E-state index contributed by atoms with van der Waals surface area (Å²) in [5.74, 6) is 1.32. The van der Waals surface area contributed by atoms with Gasteiger partial charge in [-0.25, -0.2) is 4.99 Å². The van der Waals surface area contributed by atoms with E-state index in [0.717, 1.165) is 28.9 Å². The number of hydrogen-bond acceptors (Lipinski definition) is 3. The van der Waals surface area contributed by atoms with E-state index in [2.05, 4.69) is 38.1 Å². The van der Waals surface area contributed by atoms with Crippen molar-refractivity contribution in [2.75, 3.05) is 26.7 Å². The van der Waals surface area contributed by atoms with Crippen molar-refractivity contribution in [3.8, 4) is 5.75 Å². The summed E-state index contributed by atoms with van der Waals surface area (Å²) in [7, 11) is 1.66. The molecule has 0 spiro atoms. The molecule has 0 aliphatic carbocycles. The molecular weight excluding hydrogens is 344 g/mol. The number of benzene rings is 1. The van der Waals surface area contributed by atoms with E-state index >= 15 is 0 Å². The standard InChI is InChI=1S/C16H25BrN4O/c1-3-21-8-4-5-14(21)11-20-16(18)19-10-12-9-13(17)6-7-15(12)22-2/h6-7,9,14H,3-5,8,10-11H2,1-2H3,(H3,18,19,20). The summed E-state index contributed by atoms with van der Waals surface area (Å²) in [5, 5.41) is 3.24. The van der Waals surface area contributed by atoms with Gasteiger partial charge in [-0.2, -0.15) is 0 Å². The predicted octanol–water partition coefficient (Wildman–Crippen LogP) is 2.35. The largest absolute Gasteiger partial charge is 0.496 e. The highest BCUT2D eigenvalue weighted by molar-refractivity contribution is 9.10. The summed E-state index contributed by atoms with van der Waals surface area (Å²) in [4.78, 5) is 6.90. The van der Waals surface area contributed by atoms with Crippen molar-refractivity contribution in [2.24, 2.45) is 10.7 Å². The number of nitrogens with two attached hydrogens (primary N) is 1. The number of guanidine groups is 1. The zero-order valence-corrected chi connectivity index (χ0v) is 14.9. The molecule has 0 saturated carbocycles. The third-order valence-electron chi connectivity index (χ3n) is 4.09. The Balaban J connectivity index is 1.89. The first kappa shape index (κ1) is 17.1. The van der Waals surface area contributed by atoms with Gasteiger partial charge in [0, 0.05) is 22.6 Å². The van der Waals surface area contributed by atoms with Gasteiger partial charge < -0.3 is 15.8 Å². The normalized spacial score (nSPS) is 19.4. The van der Waals surface area contributed by atoms with Gasteiger partial charge in [0.05, 0.1) is 13.7 Å². The van der Waals surface area contributed by atoms with Crippen LogP contribution in [0.4, 0.5) is 0 Å². The fraction of sp³-hybridized carbons (Fsp3) is 0.562. The fourth-order valence-corrected chi connectivity index (χ4v) is 3.27. The van der Waals surface area contributed by atoms with Crippen LogP contribution in [0.1, 0.15) is 25.3 Å². The van der Waals surface area contributed by atoms with Gasteiger partial charge in [-0.15, -0.1) is 0 Å². The molecule has 122 valence electrons. The van der Waals surface area contributed by atoms with Crippen LogP contribution >= 0.6 is 15.9 Å². The summed E-state index contributed by atoms with van der Waals surface area (Å²) in [6.45, 7) is 5.85. The van der Waals surface area contributed by atoms with Gasteiger partial charge in [0.15, 0.2) is 5.96 Å². The Morgan fingerprint density at radius 2 is 2.36 bits per heavy atom. The Morgan fingerprint density at radius 3 is 3.09 bits per heavy atom. The van der Waals surface area contributed by atoms with Crippen LogP contribution in [-0.4, -0.2) is 43.6 Å². The van der Waals surface area contributed by atoms with Crippen molar-refractivity contribution in [1.82, 2.24) is 10.2 Å². The minimum atomic E-state index is 0.491. The quantitative estimate of drug-likeness (QED) is 0.597. The average molecular weight is 369 g/mol. The van der Waals surface area contributed by atoms with E-state index < -0.39 is 0 Å². The molecule has 1 heterocycles. The van der Waals surface area contributed by atoms with Gasteiger partial charge in [0.1, 0.15) is 5.75 Å². The van der Waals surface area contributed by atoms with E-state index in [1.807, 2.05) is 18.2 Å². The molecule has 0 aromatic heterocycles. The Kier molecular flexibility index (Phi) is 6.51. The predicted molar refractivity (Wildman–Crippen MR) is 94.3 cm³/mol. The third-order valence-corrected chi connectivity index (χ3v) is 4.58. The first-order chi connectivity index (χ1) is 10.6. The molecule has 22 heavy (non-hydrogen) atoms. The van der Waals surface area contributed by atoms with E-state index in [1.165, 1.54) is 19.4 Å². The Bertz CT molecular complexity index is 521. The summed E-state index contributed by atoms with van der Waals surface area (Å²) >= 11 is 3.47. The highest BCUT2D eigenvalue weighted by Crippen LogP contribution is 2.23. The van der Waals surface area contributed by atoms with Gasteiger partial charge >= 0.3 is 0 Å². The zero-order valence-electron chi connectivity index (χ0n) is 13.3. The third kappa shape index (κ3) is 4.61. The fourth-order valence-electron chi connectivity index (χ4n) is 2.86. The van der Waals surface area contributed by atoms with Crippen molar-refractivity contribution in [2.45, 2.75) is 32.4 Å². The average Bonchev–Trinajstić information content (AvgIpc) is 2.98. The topological polar surface area (TPSA) is 62.9 Å². The molecule has 6 heteroatoms. The summed E-state index contributed by atoms with van der Waals surface area (Å²) in [6.07, 6.45) is 2.50. The van der Waals surface area contributed by atoms with Crippen LogP contribution in [0.2, 0.25) is 0 Å². The lowest BCUT2D eigenvalue weighted by Crippen LogP contribution is -2.42. The maximum Gasteiger partial charge on any atom is 0.188 e. The lowest BCUT2D eigenvalue weighted by atomic mass is 10.2. The molecule has 0 radical (unpaired) electrons. The summed E-state index contributed by atoms with van der Waals surface area (Å²) in [5.41, 5.74) is 7.00. The number of likely N-dealkylation sites (N-methyl/N-ethyl adjacent to an activating group) is 1. The first-order valence-electron chi connectivity index (χ1n) is 7.74. The van der Waals surface area contributed by atoms with Crippen molar-refractivity contribution in [3.63, 3.8) is 0 Å². The van der Waals surface area contributed by atoms with E-state index in [1.54, 1.807) is 7.11 Å². The van der Waals surface area contributed by atoms with E-state index in [9.17, 15) is 0 Å².